The maximum atomic E-state index is 11.6. The van der Waals surface area contributed by atoms with Crippen LogP contribution in [0.5, 0.6) is 0 Å². The Hall–Kier alpha value is -2.57. The summed E-state index contributed by atoms with van der Waals surface area (Å²) < 4.78 is 1.16. The van der Waals surface area contributed by atoms with Crippen molar-refractivity contribution >= 4 is 23.0 Å². The molecule has 2 amide bonds. The summed E-state index contributed by atoms with van der Waals surface area (Å²) in [4.78, 5) is 26.5. The van der Waals surface area contributed by atoms with Gasteiger partial charge >= 0.3 is 6.09 Å². The molecular formula is C11H12N4O3. The van der Waals surface area contributed by atoms with Crippen LogP contribution in [0.4, 0.5) is 4.79 Å². The molecule has 3 N–H and O–H groups in total. The molecule has 7 heteroatoms. The molecule has 0 aliphatic rings. The number of benzene rings is 1. The van der Waals surface area contributed by atoms with E-state index in [9.17, 15) is 9.59 Å². The number of rotatable bonds is 2. The zero-order valence-corrected chi connectivity index (χ0v) is 9.89. The second-order valence-corrected chi connectivity index (χ2v) is 3.76. The first kappa shape index (κ1) is 11.9. The summed E-state index contributed by atoms with van der Waals surface area (Å²) in [5.41, 5.74) is 4.18. The van der Waals surface area contributed by atoms with E-state index in [-0.39, 0.29) is 5.82 Å². The number of hydrogen-bond acceptors (Lipinski definition) is 3. The van der Waals surface area contributed by atoms with E-state index in [2.05, 4.69) is 15.7 Å². The second-order valence-electron chi connectivity index (χ2n) is 3.76. The SMILES string of the molecule is CNC(=O)c1nc2ccc(C)cc2n1NC(=O)O. The van der Waals surface area contributed by atoms with Crippen molar-refractivity contribution in [2.75, 3.05) is 12.5 Å². The fourth-order valence-corrected chi connectivity index (χ4v) is 1.66. The summed E-state index contributed by atoms with van der Waals surface area (Å²) in [6.07, 6.45) is -1.26. The van der Waals surface area contributed by atoms with Crippen molar-refractivity contribution in [3.05, 3.63) is 29.6 Å². The molecule has 0 unspecified atom stereocenters. The topological polar surface area (TPSA) is 96.3 Å². The Morgan fingerprint density at radius 1 is 1.39 bits per heavy atom. The molecule has 2 rings (SSSR count). The number of amides is 2. The van der Waals surface area contributed by atoms with Gasteiger partial charge < -0.3 is 10.4 Å². The fraction of sp³-hybridized carbons (Fsp3) is 0.182. The van der Waals surface area contributed by atoms with Gasteiger partial charge in [0.2, 0.25) is 5.82 Å². The van der Waals surface area contributed by atoms with E-state index in [1.165, 1.54) is 7.05 Å². The van der Waals surface area contributed by atoms with E-state index < -0.39 is 12.0 Å². The molecule has 0 saturated carbocycles. The lowest BCUT2D eigenvalue weighted by Crippen LogP contribution is -2.29. The van der Waals surface area contributed by atoms with Crippen LogP contribution in [0.1, 0.15) is 16.2 Å². The van der Waals surface area contributed by atoms with Crippen molar-refractivity contribution in [3.8, 4) is 0 Å². The lowest BCUT2D eigenvalue weighted by molar-refractivity contribution is 0.0950. The summed E-state index contributed by atoms with van der Waals surface area (Å²) >= 11 is 0. The van der Waals surface area contributed by atoms with Crippen LogP contribution in [-0.2, 0) is 0 Å². The molecule has 1 aromatic heterocycles. The first-order valence-electron chi connectivity index (χ1n) is 5.24. The van der Waals surface area contributed by atoms with Crippen LogP contribution in [0, 0.1) is 6.92 Å². The number of hydrogen-bond donors (Lipinski definition) is 3. The molecule has 0 spiro atoms. The Morgan fingerprint density at radius 2 is 2.11 bits per heavy atom. The van der Waals surface area contributed by atoms with Crippen LogP contribution in [-0.4, -0.2) is 33.8 Å². The number of carbonyl (C=O) groups is 2. The predicted molar refractivity (Wildman–Crippen MR) is 65.2 cm³/mol. The standard InChI is InChI=1S/C11H12N4O3/c1-6-3-4-7-8(5-6)15(14-11(17)18)9(13-7)10(16)12-2/h3-5,14H,1-2H3,(H,12,16)(H,17,18). The maximum absolute atomic E-state index is 11.6. The monoisotopic (exact) mass is 248 g/mol. The van der Waals surface area contributed by atoms with Crippen molar-refractivity contribution in [1.29, 1.82) is 0 Å². The summed E-state index contributed by atoms with van der Waals surface area (Å²) in [6.45, 7) is 1.87. The van der Waals surface area contributed by atoms with Gasteiger partial charge in [-0.3, -0.25) is 4.79 Å². The average molecular weight is 248 g/mol. The molecule has 0 aliphatic carbocycles. The highest BCUT2D eigenvalue weighted by atomic mass is 16.4. The molecular weight excluding hydrogens is 236 g/mol. The first-order chi connectivity index (χ1) is 8.52. The van der Waals surface area contributed by atoms with Gasteiger partial charge in [0.15, 0.2) is 0 Å². The Morgan fingerprint density at radius 3 is 2.72 bits per heavy atom. The number of carbonyl (C=O) groups excluding carboxylic acids is 1. The Balaban J connectivity index is 2.68. The number of imidazole rings is 1. The smallest absolute Gasteiger partial charge is 0.424 e. The lowest BCUT2D eigenvalue weighted by Gasteiger charge is -2.06. The van der Waals surface area contributed by atoms with E-state index in [1.807, 2.05) is 13.0 Å². The molecule has 0 fully saturated rings. The third kappa shape index (κ3) is 1.97. The van der Waals surface area contributed by atoms with Crippen LogP contribution in [0.3, 0.4) is 0 Å². The van der Waals surface area contributed by atoms with E-state index in [0.29, 0.717) is 11.0 Å². The molecule has 7 nitrogen and oxygen atoms in total. The van der Waals surface area contributed by atoms with Crippen LogP contribution in [0.15, 0.2) is 18.2 Å². The van der Waals surface area contributed by atoms with E-state index in [4.69, 9.17) is 5.11 Å². The Kier molecular flexibility index (Phi) is 2.88. The zero-order valence-electron chi connectivity index (χ0n) is 9.89. The summed E-state index contributed by atoms with van der Waals surface area (Å²) in [7, 11) is 1.46. The van der Waals surface area contributed by atoms with Crippen LogP contribution < -0.4 is 10.7 Å². The van der Waals surface area contributed by atoms with Crippen molar-refractivity contribution in [1.82, 2.24) is 15.0 Å². The maximum Gasteiger partial charge on any atom is 0.424 e. The largest absolute Gasteiger partial charge is 0.464 e. The quantitative estimate of drug-likeness (QED) is 0.736. The molecule has 0 bridgehead atoms. The van der Waals surface area contributed by atoms with Gasteiger partial charge in [0.25, 0.3) is 5.91 Å². The summed E-state index contributed by atoms with van der Waals surface area (Å²) in [6, 6.07) is 5.33. The average Bonchev–Trinajstić information content (AvgIpc) is 2.66. The van der Waals surface area contributed by atoms with Gasteiger partial charge in [0.1, 0.15) is 0 Å². The van der Waals surface area contributed by atoms with Gasteiger partial charge in [-0.05, 0) is 24.6 Å². The third-order valence-electron chi connectivity index (χ3n) is 2.45. The van der Waals surface area contributed by atoms with Gasteiger partial charge in [-0.25, -0.2) is 19.9 Å². The van der Waals surface area contributed by atoms with Gasteiger partial charge in [-0.2, -0.15) is 0 Å². The van der Waals surface area contributed by atoms with E-state index >= 15 is 0 Å². The summed E-state index contributed by atoms with van der Waals surface area (Å²) in [5, 5.41) is 11.2. The highest BCUT2D eigenvalue weighted by molar-refractivity contribution is 5.96. The van der Waals surface area contributed by atoms with Crippen molar-refractivity contribution in [2.45, 2.75) is 6.92 Å². The predicted octanol–water partition coefficient (Wildman–Crippen LogP) is 0.926. The molecule has 94 valence electrons. The van der Waals surface area contributed by atoms with Crippen molar-refractivity contribution in [2.24, 2.45) is 0 Å². The van der Waals surface area contributed by atoms with Crippen LogP contribution >= 0.6 is 0 Å². The van der Waals surface area contributed by atoms with Crippen LogP contribution in [0.25, 0.3) is 11.0 Å². The fourth-order valence-electron chi connectivity index (χ4n) is 1.66. The van der Waals surface area contributed by atoms with E-state index in [0.717, 1.165) is 10.2 Å². The van der Waals surface area contributed by atoms with Gasteiger partial charge in [-0.1, -0.05) is 6.07 Å². The number of nitrogens with zero attached hydrogens (tertiary/aromatic N) is 2. The minimum atomic E-state index is -1.26. The zero-order chi connectivity index (χ0) is 13.3. The number of nitrogens with one attached hydrogen (secondary N) is 2. The minimum Gasteiger partial charge on any atom is -0.464 e. The molecule has 1 heterocycles. The second kappa shape index (κ2) is 4.36. The number of fused-ring (bicyclic) bond motifs is 1. The highest BCUT2D eigenvalue weighted by Crippen LogP contribution is 2.16. The highest BCUT2D eigenvalue weighted by Gasteiger charge is 2.17. The molecule has 1 aromatic carbocycles. The lowest BCUT2D eigenvalue weighted by atomic mass is 10.2. The Bertz CT molecular complexity index is 632. The molecule has 18 heavy (non-hydrogen) atoms. The van der Waals surface area contributed by atoms with Crippen molar-refractivity contribution < 1.29 is 14.7 Å². The normalized spacial score (nSPS) is 10.3. The van der Waals surface area contributed by atoms with E-state index in [1.54, 1.807) is 12.1 Å². The minimum absolute atomic E-state index is 0.000463. The van der Waals surface area contributed by atoms with Crippen molar-refractivity contribution in [3.63, 3.8) is 0 Å². The van der Waals surface area contributed by atoms with Crippen LogP contribution in [0.2, 0.25) is 0 Å². The van der Waals surface area contributed by atoms with Gasteiger partial charge in [0, 0.05) is 7.05 Å². The van der Waals surface area contributed by atoms with Gasteiger partial charge in [-0.15, -0.1) is 0 Å². The molecule has 0 saturated heterocycles. The molecule has 0 radical (unpaired) electrons. The first-order valence-corrected chi connectivity index (χ1v) is 5.24. The molecule has 2 aromatic rings. The molecule has 0 aliphatic heterocycles. The van der Waals surface area contributed by atoms with Gasteiger partial charge in [0.05, 0.1) is 11.0 Å². The number of aryl methyl sites for hydroxylation is 1. The Labute approximate surface area is 102 Å². The number of carboxylic acid groups (broad SMARTS) is 1. The third-order valence-corrected chi connectivity index (χ3v) is 2.45. The molecule has 0 atom stereocenters. The summed E-state index contributed by atoms with van der Waals surface area (Å²) in [5.74, 6) is -0.460. The number of aromatic nitrogens is 2.